The lowest BCUT2D eigenvalue weighted by Crippen LogP contribution is -1.89. The van der Waals surface area contributed by atoms with Crippen molar-refractivity contribution in [3.63, 3.8) is 0 Å². The molecule has 8 heteroatoms. The summed E-state index contributed by atoms with van der Waals surface area (Å²) in [7, 11) is 0. The molecule has 2 aromatic heterocycles. The number of aromatic amines is 1. The first-order valence-electron chi connectivity index (χ1n) is 5.76. The highest BCUT2D eigenvalue weighted by Gasteiger charge is 2.15. The molecule has 3 rings (SSSR count). The number of imidazole rings is 1. The first-order valence-corrected chi connectivity index (χ1v) is 6.75. The number of benzene rings is 1. The molecule has 100 valence electrons. The fourth-order valence-electron chi connectivity index (χ4n) is 1.66. The Bertz CT molecular complexity index is 759. The van der Waals surface area contributed by atoms with Crippen LogP contribution in [0, 0.1) is 10.1 Å². The van der Waals surface area contributed by atoms with Gasteiger partial charge in [-0.25, -0.2) is 9.97 Å². The van der Waals surface area contributed by atoms with E-state index in [0.717, 1.165) is 11.3 Å². The molecule has 0 saturated heterocycles. The molecule has 0 aliphatic rings. The average Bonchev–Trinajstić information content (AvgIpc) is 2.89. The van der Waals surface area contributed by atoms with Gasteiger partial charge in [0.25, 0.3) is 5.65 Å². The fraction of sp³-hybridized carbons (Fsp3) is 0.0833. The van der Waals surface area contributed by atoms with E-state index in [9.17, 15) is 10.1 Å². The van der Waals surface area contributed by atoms with Crippen molar-refractivity contribution >= 4 is 28.9 Å². The van der Waals surface area contributed by atoms with Gasteiger partial charge in [0.05, 0.1) is 6.20 Å². The highest BCUT2D eigenvalue weighted by atomic mass is 32.2. The van der Waals surface area contributed by atoms with Crippen molar-refractivity contribution in [2.75, 3.05) is 0 Å². The number of nitro groups is 1. The fourth-order valence-corrected chi connectivity index (χ4v) is 2.42. The predicted molar refractivity (Wildman–Crippen MR) is 74.3 cm³/mol. The number of H-pyrrole nitrogens is 1. The third kappa shape index (κ3) is 2.59. The van der Waals surface area contributed by atoms with Gasteiger partial charge < -0.3 is 10.1 Å². The molecule has 0 bridgehead atoms. The molecule has 0 aliphatic carbocycles. The normalized spacial score (nSPS) is 10.8. The highest BCUT2D eigenvalue weighted by Crippen LogP contribution is 2.21. The summed E-state index contributed by atoms with van der Waals surface area (Å²) in [5, 5.41) is 11.2. The van der Waals surface area contributed by atoms with Crippen LogP contribution in [0.4, 0.5) is 5.95 Å². The molecule has 0 radical (unpaired) electrons. The number of thioether (sulfide) groups is 1. The SMILES string of the molecule is O=[N+]([O-])c1nc2nc(SCc3ccccc3)ncc2[nH]1. The van der Waals surface area contributed by atoms with Crippen LogP contribution in [0.15, 0.2) is 41.7 Å². The number of nitrogens with zero attached hydrogens (tertiary/aromatic N) is 4. The molecule has 7 nitrogen and oxygen atoms in total. The van der Waals surface area contributed by atoms with Crippen LogP contribution in [0.5, 0.6) is 0 Å². The summed E-state index contributed by atoms with van der Waals surface area (Å²) in [6.45, 7) is 0. The molecule has 0 fully saturated rings. The van der Waals surface area contributed by atoms with Crippen molar-refractivity contribution in [2.45, 2.75) is 10.9 Å². The van der Waals surface area contributed by atoms with E-state index in [0.29, 0.717) is 16.3 Å². The second kappa shape index (κ2) is 5.25. The minimum Gasteiger partial charge on any atom is -0.390 e. The number of hydrogen-bond donors (Lipinski definition) is 1. The highest BCUT2D eigenvalue weighted by molar-refractivity contribution is 7.98. The molecule has 1 N–H and O–H groups in total. The van der Waals surface area contributed by atoms with Crippen LogP contribution in [-0.4, -0.2) is 24.9 Å². The van der Waals surface area contributed by atoms with Crippen LogP contribution < -0.4 is 0 Å². The second-order valence-corrected chi connectivity index (χ2v) is 4.92. The molecule has 0 unspecified atom stereocenters. The van der Waals surface area contributed by atoms with Gasteiger partial charge in [0.1, 0.15) is 0 Å². The third-order valence-corrected chi connectivity index (χ3v) is 3.52. The van der Waals surface area contributed by atoms with Crippen LogP contribution in [0.25, 0.3) is 11.2 Å². The van der Waals surface area contributed by atoms with Crippen LogP contribution in [0.3, 0.4) is 0 Å². The summed E-state index contributed by atoms with van der Waals surface area (Å²) in [4.78, 5) is 24.8. The van der Waals surface area contributed by atoms with E-state index in [1.54, 1.807) is 0 Å². The minimum atomic E-state index is -0.585. The summed E-state index contributed by atoms with van der Waals surface area (Å²) in [5.74, 6) is 0.415. The van der Waals surface area contributed by atoms with E-state index in [1.165, 1.54) is 18.0 Å². The molecule has 3 aromatic rings. The van der Waals surface area contributed by atoms with Gasteiger partial charge in [-0.05, 0) is 15.5 Å². The Labute approximate surface area is 117 Å². The second-order valence-electron chi connectivity index (χ2n) is 3.98. The minimum absolute atomic E-state index is 0.308. The van der Waals surface area contributed by atoms with E-state index < -0.39 is 4.92 Å². The number of hydrogen-bond acceptors (Lipinski definition) is 6. The van der Waals surface area contributed by atoms with Crippen molar-refractivity contribution in [1.82, 2.24) is 19.9 Å². The van der Waals surface area contributed by atoms with Gasteiger partial charge >= 0.3 is 5.95 Å². The Hall–Kier alpha value is -2.48. The van der Waals surface area contributed by atoms with Crippen molar-refractivity contribution < 1.29 is 4.92 Å². The third-order valence-electron chi connectivity index (χ3n) is 2.59. The van der Waals surface area contributed by atoms with Gasteiger partial charge in [0.15, 0.2) is 10.7 Å². The Balaban J connectivity index is 1.80. The van der Waals surface area contributed by atoms with Gasteiger partial charge in [-0.3, -0.25) is 0 Å². The Morgan fingerprint density at radius 3 is 2.80 bits per heavy atom. The zero-order chi connectivity index (χ0) is 13.9. The molecule has 2 heterocycles. The number of fused-ring (bicyclic) bond motifs is 1. The number of aromatic nitrogens is 4. The first-order chi connectivity index (χ1) is 9.72. The molecule has 0 aliphatic heterocycles. The maximum Gasteiger partial charge on any atom is 0.435 e. The Morgan fingerprint density at radius 1 is 1.25 bits per heavy atom. The maximum absolute atomic E-state index is 10.6. The van der Waals surface area contributed by atoms with Gasteiger partial charge in [-0.2, -0.15) is 4.98 Å². The molecule has 20 heavy (non-hydrogen) atoms. The van der Waals surface area contributed by atoms with Crippen molar-refractivity contribution in [1.29, 1.82) is 0 Å². The largest absolute Gasteiger partial charge is 0.435 e. The van der Waals surface area contributed by atoms with Crippen molar-refractivity contribution in [3.05, 3.63) is 52.2 Å². The molecule has 0 amide bonds. The number of nitrogens with one attached hydrogen (secondary N) is 1. The van der Waals surface area contributed by atoms with E-state index >= 15 is 0 Å². The summed E-state index contributed by atoms with van der Waals surface area (Å²) in [5.41, 5.74) is 1.93. The zero-order valence-corrected chi connectivity index (χ0v) is 11.0. The maximum atomic E-state index is 10.6. The van der Waals surface area contributed by atoms with E-state index in [1.807, 2.05) is 30.3 Å². The van der Waals surface area contributed by atoms with Crippen LogP contribution in [0.1, 0.15) is 5.56 Å². The van der Waals surface area contributed by atoms with Crippen molar-refractivity contribution in [2.24, 2.45) is 0 Å². The lowest BCUT2D eigenvalue weighted by molar-refractivity contribution is -0.393. The van der Waals surface area contributed by atoms with E-state index in [4.69, 9.17) is 0 Å². The zero-order valence-electron chi connectivity index (χ0n) is 10.2. The molecular formula is C12H9N5O2S. The summed E-state index contributed by atoms with van der Waals surface area (Å²) < 4.78 is 0. The quantitative estimate of drug-likeness (QED) is 0.343. The van der Waals surface area contributed by atoms with Gasteiger partial charge in [-0.15, -0.1) is 0 Å². The lowest BCUT2D eigenvalue weighted by atomic mass is 10.2. The van der Waals surface area contributed by atoms with Crippen LogP contribution in [0.2, 0.25) is 0 Å². The number of rotatable bonds is 4. The standard InChI is InChI=1S/C12H9N5O2S/c18-17(19)11-14-9-6-13-12(16-10(9)15-11)20-7-8-4-2-1-3-5-8/h1-6H,7H2,(H,13,14,15,16). The smallest absolute Gasteiger partial charge is 0.390 e. The first kappa shape index (κ1) is 12.5. The monoisotopic (exact) mass is 287 g/mol. The lowest BCUT2D eigenvalue weighted by Gasteiger charge is -1.99. The van der Waals surface area contributed by atoms with Crippen LogP contribution in [-0.2, 0) is 5.75 Å². The molecular weight excluding hydrogens is 278 g/mol. The molecule has 0 atom stereocenters. The summed E-state index contributed by atoms with van der Waals surface area (Å²) in [6, 6.07) is 9.93. The summed E-state index contributed by atoms with van der Waals surface area (Å²) in [6.07, 6.45) is 1.51. The Morgan fingerprint density at radius 2 is 2.05 bits per heavy atom. The van der Waals surface area contributed by atoms with E-state index in [-0.39, 0.29) is 5.95 Å². The van der Waals surface area contributed by atoms with Gasteiger partial charge in [0, 0.05) is 5.75 Å². The average molecular weight is 287 g/mol. The molecule has 0 spiro atoms. The van der Waals surface area contributed by atoms with Crippen LogP contribution >= 0.6 is 11.8 Å². The molecule has 0 saturated carbocycles. The summed E-state index contributed by atoms with van der Waals surface area (Å²) >= 11 is 1.46. The van der Waals surface area contributed by atoms with E-state index in [2.05, 4.69) is 19.9 Å². The molecule has 1 aromatic carbocycles. The van der Waals surface area contributed by atoms with Crippen molar-refractivity contribution in [3.8, 4) is 0 Å². The topological polar surface area (TPSA) is 97.6 Å². The Kier molecular flexibility index (Phi) is 3.30. The van der Waals surface area contributed by atoms with Gasteiger partial charge in [-0.1, -0.05) is 42.1 Å². The van der Waals surface area contributed by atoms with Gasteiger partial charge in [0.2, 0.25) is 0 Å². The predicted octanol–water partition coefficient (Wildman–Crippen LogP) is 2.55.